The molecule has 3 rings (SSSR count). The molecule has 0 aliphatic carbocycles. The molecule has 1 N–H and O–H groups in total. The van der Waals surface area contributed by atoms with E-state index in [-0.39, 0.29) is 0 Å². The Morgan fingerprint density at radius 1 is 0.571 bits per heavy atom. The van der Waals surface area contributed by atoms with Crippen LogP contribution in [0, 0.1) is 0 Å². The molecule has 3 heteroatoms. The molecular weight excluding hydrogens is 258 g/mol. The zero-order chi connectivity index (χ0) is 14.3. The van der Waals surface area contributed by atoms with Crippen LogP contribution in [-0.2, 0) is 0 Å². The first-order valence-corrected chi connectivity index (χ1v) is 6.77. The minimum Gasteiger partial charge on any atom is -0.353 e. The number of para-hydroxylation sites is 2. The molecule has 0 aliphatic heterocycles. The lowest BCUT2D eigenvalue weighted by molar-refractivity contribution is 1.35. The summed E-state index contributed by atoms with van der Waals surface area (Å²) in [6.45, 7) is 0. The van der Waals surface area contributed by atoms with Crippen LogP contribution in [0.4, 0.5) is 11.4 Å². The second-order valence-electron chi connectivity index (χ2n) is 4.56. The number of rotatable bonds is 4. The van der Waals surface area contributed by atoms with Crippen molar-refractivity contribution in [3.05, 3.63) is 84.2 Å². The number of nitrogens with zero attached hydrogens (tertiary/aromatic N) is 2. The van der Waals surface area contributed by atoms with Crippen LogP contribution in [0.25, 0.3) is 0 Å². The summed E-state index contributed by atoms with van der Waals surface area (Å²) in [6.07, 6.45) is 3.63. The molecule has 1 aromatic heterocycles. The van der Waals surface area contributed by atoms with Gasteiger partial charge in [0.05, 0.1) is 35.2 Å². The molecule has 21 heavy (non-hydrogen) atoms. The number of aliphatic imine (C=N–C) groups is 2. The highest BCUT2D eigenvalue weighted by molar-refractivity contribution is 5.85. The van der Waals surface area contributed by atoms with Crippen LogP contribution >= 0.6 is 0 Å². The minimum atomic E-state index is 0.937. The van der Waals surface area contributed by atoms with Gasteiger partial charge in [-0.15, -0.1) is 0 Å². The summed E-state index contributed by atoms with van der Waals surface area (Å²) in [6, 6.07) is 23.7. The van der Waals surface area contributed by atoms with Crippen molar-refractivity contribution < 1.29 is 0 Å². The average molecular weight is 273 g/mol. The van der Waals surface area contributed by atoms with E-state index in [2.05, 4.69) is 15.0 Å². The largest absolute Gasteiger partial charge is 0.353 e. The SMILES string of the molecule is C(=Nc1ccccc1)c1ccc(C=Nc2ccccc2)[nH]1. The Morgan fingerprint density at radius 2 is 1.00 bits per heavy atom. The van der Waals surface area contributed by atoms with E-state index in [0.717, 1.165) is 22.8 Å². The number of benzene rings is 2. The molecule has 0 fully saturated rings. The van der Waals surface area contributed by atoms with Gasteiger partial charge in [-0.2, -0.15) is 0 Å². The molecule has 0 radical (unpaired) electrons. The molecule has 0 atom stereocenters. The molecule has 0 bridgehead atoms. The second-order valence-corrected chi connectivity index (χ2v) is 4.56. The summed E-state index contributed by atoms with van der Waals surface area (Å²) in [5.41, 5.74) is 3.78. The topological polar surface area (TPSA) is 40.5 Å². The average Bonchev–Trinajstić information content (AvgIpc) is 3.01. The number of hydrogen-bond donors (Lipinski definition) is 1. The van der Waals surface area contributed by atoms with Gasteiger partial charge in [-0.3, -0.25) is 9.98 Å². The Kier molecular flexibility index (Phi) is 4.03. The Bertz CT molecular complexity index is 676. The van der Waals surface area contributed by atoms with Gasteiger partial charge < -0.3 is 4.98 Å². The maximum Gasteiger partial charge on any atom is 0.0630 e. The van der Waals surface area contributed by atoms with Gasteiger partial charge in [0.1, 0.15) is 0 Å². The predicted octanol–water partition coefficient (Wildman–Crippen LogP) is 4.52. The zero-order valence-corrected chi connectivity index (χ0v) is 11.5. The predicted molar refractivity (Wildman–Crippen MR) is 88.2 cm³/mol. The van der Waals surface area contributed by atoms with Crippen molar-refractivity contribution in [2.45, 2.75) is 0 Å². The van der Waals surface area contributed by atoms with Crippen LogP contribution < -0.4 is 0 Å². The third-order valence-electron chi connectivity index (χ3n) is 2.95. The van der Waals surface area contributed by atoms with Crippen molar-refractivity contribution in [3.8, 4) is 0 Å². The van der Waals surface area contributed by atoms with Crippen molar-refractivity contribution in [1.29, 1.82) is 0 Å². The van der Waals surface area contributed by atoms with Crippen LogP contribution in [0.2, 0.25) is 0 Å². The fourth-order valence-corrected chi connectivity index (χ4v) is 1.90. The summed E-state index contributed by atoms with van der Waals surface area (Å²) in [4.78, 5) is 12.1. The van der Waals surface area contributed by atoms with Crippen molar-refractivity contribution in [2.75, 3.05) is 0 Å². The van der Waals surface area contributed by atoms with Gasteiger partial charge in [-0.05, 0) is 36.4 Å². The molecule has 0 unspecified atom stereocenters. The lowest BCUT2D eigenvalue weighted by Gasteiger charge is -1.92. The molecule has 0 spiro atoms. The van der Waals surface area contributed by atoms with Gasteiger partial charge >= 0.3 is 0 Å². The molecule has 3 nitrogen and oxygen atoms in total. The van der Waals surface area contributed by atoms with Gasteiger partial charge in [0.15, 0.2) is 0 Å². The van der Waals surface area contributed by atoms with E-state index in [4.69, 9.17) is 0 Å². The molecular formula is C18H15N3. The summed E-state index contributed by atoms with van der Waals surface area (Å²) in [7, 11) is 0. The Hall–Kier alpha value is -2.94. The maximum absolute atomic E-state index is 4.41. The number of nitrogens with one attached hydrogen (secondary N) is 1. The fourth-order valence-electron chi connectivity index (χ4n) is 1.90. The van der Waals surface area contributed by atoms with Crippen molar-refractivity contribution >= 4 is 23.8 Å². The number of hydrogen-bond acceptors (Lipinski definition) is 2. The number of H-pyrrole nitrogens is 1. The minimum absolute atomic E-state index is 0.937. The van der Waals surface area contributed by atoms with E-state index in [0.29, 0.717) is 0 Å². The molecule has 102 valence electrons. The third kappa shape index (κ3) is 3.76. The highest BCUT2D eigenvalue weighted by atomic mass is 14.8. The lowest BCUT2D eigenvalue weighted by atomic mass is 10.3. The molecule has 0 saturated heterocycles. The van der Waals surface area contributed by atoms with Gasteiger partial charge in [-0.25, -0.2) is 0 Å². The van der Waals surface area contributed by atoms with Crippen LogP contribution in [0.15, 0.2) is 82.8 Å². The first-order valence-electron chi connectivity index (χ1n) is 6.77. The molecule has 0 saturated carbocycles. The van der Waals surface area contributed by atoms with Crippen molar-refractivity contribution in [1.82, 2.24) is 4.98 Å². The van der Waals surface area contributed by atoms with Gasteiger partial charge in [0, 0.05) is 0 Å². The summed E-state index contributed by atoms with van der Waals surface area (Å²) < 4.78 is 0. The standard InChI is InChI=1S/C18H15N3/c1-3-7-15(8-4-1)19-13-17-11-12-18(21-17)14-20-16-9-5-2-6-10-16/h1-14,21H. The fraction of sp³-hybridized carbons (Fsp3) is 0. The highest BCUT2D eigenvalue weighted by Crippen LogP contribution is 2.11. The quantitative estimate of drug-likeness (QED) is 0.679. The number of aromatic amines is 1. The van der Waals surface area contributed by atoms with E-state index in [1.165, 1.54) is 0 Å². The molecule has 3 aromatic rings. The van der Waals surface area contributed by atoms with E-state index >= 15 is 0 Å². The second kappa shape index (κ2) is 6.48. The van der Waals surface area contributed by atoms with E-state index in [1.54, 1.807) is 0 Å². The van der Waals surface area contributed by atoms with E-state index in [1.807, 2.05) is 85.2 Å². The van der Waals surface area contributed by atoms with Gasteiger partial charge in [0.25, 0.3) is 0 Å². The van der Waals surface area contributed by atoms with Crippen LogP contribution in [0.5, 0.6) is 0 Å². The smallest absolute Gasteiger partial charge is 0.0630 e. The van der Waals surface area contributed by atoms with Gasteiger partial charge in [-0.1, -0.05) is 36.4 Å². The van der Waals surface area contributed by atoms with Crippen LogP contribution in [0.1, 0.15) is 11.4 Å². The maximum atomic E-state index is 4.41. The van der Waals surface area contributed by atoms with Gasteiger partial charge in [0.2, 0.25) is 0 Å². The summed E-state index contributed by atoms with van der Waals surface area (Å²) >= 11 is 0. The molecule has 0 amide bonds. The van der Waals surface area contributed by atoms with Crippen LogP contribution in [-0.4, -0.2) is 17.4 Å². The molecule has 1 heterocycles. The van der Waals surface area contributed by atoms with Crippen molar-refractivity contribution in [3.63, 3.8) is 0 Å². The van der Waals surface area contributed by atoms with Crippen molar-refractivity contribution in [2.24, 2.45) is 9.98 Å². The first-order chi connectivity index (χ1) is 10.4. The molecule has 2 aromatic carbocycles. The van der Waals surface area contributed by atoms with E-state index < -0.39 is 0 Å². The zero-order valence-electron chi connectivity index (χ0n) is 11.5. The Labute approximate surface area is 123 Å². The normalized spacial score (nSPS) is 11.4. The highest BCUT2D eigenvalue weighted by Gasteiger charge is 1.94. The Morgan fingerprint density at radius 3 is 1.43 bits per heavy atom. The lowest BCUT2D eigenvalue weighted by Crippen LogP contribution is -1.83. The first kappa shape index (κ1) is 13.1. The van der Waals surface area contributed by atoms with Crippen LogP contribution in [0.3, 0.4) is 0 Å². The summed E-state index contributed by atoms with van der Waals surface area (Å²) in [5.74, 6) is 0. The number of aromatic nitrogens is 1. The molecule has 0 aliphatic rings. The summed E-state index contributed by atoms with van der Waals surface area (Å²) in [5, 5.41) is 0. The monoisotopic (exact) mass is 273 g/mol. The van der Waals surface area contributed by atoms with E-state index in [9.17, 15) is 0 Å². The Balaban J connectivity index is 1.69. The third-order valence-corrected chi connectivity index (χ3v) is 2.95.